The summed E-state index contributed by atoms with van der Waals surface area (Å²) in [7, 11) is 0. The molecule has 1 saturated heterocycles. The van der Waals surface area contributed by atoms with E-state index in [0.717, 1.165) is 19.3 Å². The second kappa shape index (κ2) is 8.01. The largest absolute Gasteiger partial charge is 0.492 e. The van der Waals surface area contributed by atoms with Gasteiger partial charge in [-0.15, -0.1) is 0 Å². The van der Waals surface area contributed by atoms with Gasteiger partial charge in [-0.1, -0.05) is 11.6 Å². The van der Waals surface area contributed by atoms with Crippen LogP contribution in [-0.4, -0.2) is 41.3 Å². The summed E-state index contributed by atoms with van der Waals surface area (Å²) in [5, 5.41) is -0.156. The second-order valence-electron chi connectivity index (χ2n) is 6.99. The fourth-order valence-electron chi connectivity index (χ4n) is 2.56. The lowest BCUT2D eigenvalue weighted by molar-refractivity contribution is 0.0177. The van der Waals surface area contributed by atoms with Crippen LogP contribution in [0.4, 0.5) is 9.18 Å². The number of rotatable bonds is 4. The maximum Gasteiger partial charge on any atom is 0.410 e. The molecule has 0 bridgehead atoms. The van der Waals surface area contributed by atoms with Gasteiger partial charge in [-0.05, 0) is 46.0 Å². The summed E-state index contributed by atoms with van der Waals surface area (Å²) in [6.07, 6.45) is 3.84. The first-order valence-electron chi connectivity index (χ1n) is 8.16. The van der Waals surface area contributed by atoms with Crippen LogP contribution in [0.5, 0.6) is 5.75 Å². The van der Waals surface area contributed by atoms with Gasteiger partial charge in [0.05, 0.1) is 12.8 Å². The quantitative estimate of drug-likeness (QED) is 0.753. The van der Waals surface area contributed by atoms with Gasteiger partial charge >= 0.3 is 6.09 Å². The lowest BCUT2D eigenvalue weighted by atomic mass is 9.94. The van der Waals surface area contributed by atoms with Crippen LogP contribution in [0.3, 0.4) is 0 Å². The normalized spacial score (nSPS) is 16.1. The number of likely N-dealkylation sites (tertiary alicyclic amines) is 1. The van der Waals surface area contributed by atoms with Gasteiger partial charge in [-0.3, -0.25) is 0 Å². The molecule has 0 unspecified atom stereocenters. The number of aromatic nitrogens is 1. The van der Waals surface area contributed by atoms with E-state index in [1.165, 1.54) is 12.3 Å². The van der Waals surface area contributed by atoms with Crippen molar-refractivity contribution in [2.45, 2.75) is 45.6 Å². The van der Waals surface area contributed by atoms with Crippen molar-refractivity contribution in [1.29, 1.82) is 0 Å². The molecule has 2 heterocycles. The highest BCUT2D eigenvalue weighted by molar-refractivity contribution is 6.29. The molecule has 0 radical (unpaired) electrons. The monoisotopic (exact) mass is 358 g/mol. The molecule has 0 N–H and O–H groups in total. The predicted octanol–water partition coefficient (Wildman–Crippen LogP) is 4.29. The Labute approximate surface area is 147 Å². The molecule has 0 saturated carbocycles. The van der Waals surface area contributed by atoms with Crippen molar-refractivity contribution in [3.63, 3.8) is 0 Å². The Balaban J connectivity index is 1.69. The van der Waals surface area contributed by atoms with Gasteiger partial charge < -0.3 is 14.4 Å². The Kier molecular flexibility index (Phi) is 6.27. The first-order valence-corrected chi connectivity index (χ1v) is 8.54. The van der Waals surface area contributed by atoms with Crippen molar-refractivity contribution >= 4 is 17.7 Å². The smallest absolute Gasteiger partial charge is 0.410 e. The highest BCUT2D eigenvalue weighted by Crippen LogP contribution is 2.23. The molecule has 24 heavy (non-hydrogen) atoms. The van der Waals surface area contributed by atoms with Crippen LogP contribution < -0.4 is 4.74 Å². The van der Waals surface area contributed by atoms with Crippen LogP contribution in [0.1, 0.15) is 40.0 Å². The summed E-state index contributed by atoms with van der Waals surface area (Å²) in [5.74, 6) is 0.275. The van der Waals surface area contributed by atoms with Crippen LogP contribution in [-0.2, 0) is 4.74 Å². The van der Waals surface area contributed by atoms with E-state index in [0.29, 0.717) is 31.4 Å². The summed E-state index contributed by atoms with van der Waals surface area (Å²) < 4.78 is 24.2. The third-order valence-electron chi connectivity index (χ3n) is 3.83. The lowest BCUT2D eigenvalue weighted by Crippen LogP contribution is -2.41. The van der Waals surface area contributed by atoms with Crippen molar-refractivity contribution in [3.8, 4) is 5.75 Å². The Morgan fingerprint density at radius 2 is 2.08 bits per heavy atom. The molecule has 1 aliphatic rings. The summed E-state index contributed by atoms with van der Waals surface area (Å²) >= 11 is 5.53. The molecule has 1 amide bonds. The molecule has 1 aromatic heterocycles. The standard InChI is InChI=1S/C17H24ClFN2O3/c1-17(2,3)24-16(22)21-7-4-12(5-8-21)6-9-23-13-10-14(19)15(18)20-11-13/h10-12H,4-9H2,1-3H3. The van der Waals surface area contributed by atoms with E-state index in [4.69, 9.17) is 21.1 Å². The van der Waals surface area contributed by atoms with Gasteiger partial charge in [-0.2, -0.15) is 0 Å². The Bertz CT molecular complexity index is 569. The van der Waals surface area contributed by atoms with E-state index in [1.54, 1.807) is 4.90 Å². The maximum absolute atomic E-state index is 13.3. The van der Waals surface area contributed by atoms with E-state index >= 15 is 0 Å². The number of hydrogen-bond donors (Lipinski definition) is 0. The highest BCUT2D eigenvalue weighted by atomic mass is 35.5. The van der Waals surface area contributed by atoms with E-state index in [2.05, 4.69) is 4.98 Å². The third kappa shape index (κ3) is 5.82. The first kappa shape index (κ1) is 18.8. The minimum absolute atomic E-state index is 0.156. The summed E-state index contributed by atoms with van der Waals surface area (Å²) in [6, 6.07) is 1.24. The number of carbonyl (C=O) groups is 1. The van der Waals surface area contributed by atoms with Crippen LogP contribution >= 0.6 is 11.6 Å². The van der Waals surface area contributed by atoms with E-state index in [-0.39, 0.29) is 11.2 Å². The summed E-state index contributed by atoms with van der Waals surface area (Å²) in [4.78, 5) is 17.5. The van der Waals surface area contributed by atoms with Crippen molar-refractivity contribution in [2.24, 2.45) is 5.92 Å². The van der Waals surface area contributed by atoms with Gasteiger partial charge in [0.15, 0.2) is 11.0 Å². The fourth-order valence-corrected chi connectivity index (χ4v) is 2.66. The van der Waals surface area contributed by atoms with Crippen molar-refractivity contribution in [3.05, 3.63) is 23.2 Å². The zero-order chi connectivity index (χ0) is 17.7. The first-order chi connectivity index (χ1) is 11.2. The average molecular weight is 359 g/mol. The molecule has 0 atom stereocenters. The summed E-state index contributed by atoms with van der Waals surface area (Å²) in [5.41, 5.74) is -0.469. The predicted molar refractivity (Wildman–Crippen MR) is 89.8 cm³/mol. The number of piperidine rings is 1. The van der Waals surface area contributed by atoms with Crippen molar-refractivity contribution in [2.75, 3.05) is 19.7 Å². The molecule has 0 aromatic carbocycles. The van der Waals surface area contributed by atoms with Gasteiger partial charge in [0, 0.05) is 19.2 Å². The third-order valence-corrected chi connectivity index (χ3v) is 4.11. The average Bonchev–Trinajstić information content (AvgIpc) is 2.50. The molecule has 7 heteroatoms. The maximum atomic E-state index is 13.3. The topological polar surface area (TPSA) is 51.7 Å². The second-order valence-corrected chi connectivity index (χ2v) is 7.35. The van der Waals surface area contributed by atoms with Gasteiger partial charge in [0.2, 0.25) is 0 Å². The highest BCUT2D eigenvalue weighted by Gasteiger charge is 2.26. The number of nitrogens with zero attached hydrogens (tertiary/aromatic N) is 2. The minimum atomic E-state index is -0.583. The zero-order valence-corrected chi connectivity index (χ0v) is 15.1. The summed E-state index contributed by atoms with van der Waals surface area (Å²) in [6.45, 7) is 7.46. The molecule has 1 fully saturated rings. The number of pyridine rings is 1. The van der Waals surface area contributed by atoms with E-state index < -0.39 is 11.4 Å². The van der Waals surface area contributed by atoms with Crippen LogP contribution in [0, 0.1) is 11.7 Å². The van der Waals surface area contributed by atoms with Gasteiger partial charge in [-0.25, -0.2) is 14.2 Å². The molecule has 134 valence electrons. The molecular weight excluding hydrogens is 335 g/mol. The Hall–Kier alpha value is -1.56. The molecular formula is C17H24ClFN2O3. The van der Waals surface area contributed by atoms with Crippen molar-refractivity contribution < 1.29 is 18.7 Å². The number of hydrogen-bond acceptors (Lipinski definition) is 4. The molecule has 5 nitrogen and oxygen atoms in total. The molecule has 1 aromatic rings. The Morgan fingerprint density at radius 3 is 2.67 bits per heavy atom. The van der Waals surface area contributed by atoms with E-state index in [1.807, 2.05) is 20.8 Å². The minimum Gasteiger partial charge on any atom is -0.492 e. The van der Waals surface area contributed by atoms with Crippen LogP contribution in [0.25, 0.3) is 0 Å². The number of amides is 1. The molecule has 0 spiro atoms. The van der Waals surface area contributed by atoms with Crippen molar-refractivity contribution in [1.82, 2.24) is 9.88 Å². The number of ether oxygens (including phenoxy) is 2. The molecule has 2 rings (SSSR count). The number of carbonyl (C=O) groups excluding carboxylic acids is 1. The number of halogens is 2. The Morgan fingerprint density at radius 1 is 1.42 bits per heavy atom. The van der Waals surface area contributed by atoms with Gasteiger partial charge in [0.25, 0.3) is 0 Å². The fraction of sp³-hybridized carbons (Fsp3) is 0.647. The SMILES string of the molecule is CC(C)(C)OC(=O)N1CCC(CCOc2cnc(Cl)c(F)c2)CC1. The lowest BCUT2D eigenvalue weighted by Gasteiger charge is -2.33. The van der Waals surface area contributed by atoms with Crippen LogP contribution in [0.15, 0.2) is 12.3 Å². The van der Waals surface area contributed by atoms with Crippen LogP contribution in [0.2, 0.25) is 5.15 Å². The van der Waals surface area contributed by atoms with E-state index in [9.17, 15) is 9.18 Å². The molecule has 0 aliphatic carbocycles. The zero-order valence-electron chi connectivity index (χ0n) is 14.3. The molecule has 1 aliphatic heterocycles. The van der Waals surface area contributed by atoms with Gasteiger partial charge in [0.1, 0.15) is 11.4 Å².